The fourth-order valence-corrected chi connectivity index (χ4v) is 2.26. The van der Waals surface area contributed by atoms with Gasteiger partial charge in [-0.2, -0.15) is 0 Å². The minimum absolute atomic E-state index is 0. The van der Waals surface area contributed by atoms with Gasteiger partial charge < -0.3 is 19.9 Å². The molecule has 1 fully saturated rings. The number of rotatable bonds is 2. The summed E-state index contributed by atoms with van der Waals surface area (Å²) in [6.07, 6.45) is 3.54. The van der Waals surface area contributed by atoms with Crippen molar-refractivity contribution in [1.82, 2.24) is 14.8 Å². The lowest BCUT2D eigenvalue weighted by Crippen LogP contribution is -2.46. The van der Waals surface area contributed by atoms with Gasteiger partial charge in [-0.25, -0.2) is 0 Å². The molecule has 0 aromatic carbocycles. The first-order chi connectivity index (χ1) is 8.70. The zero-order valence-electron chi connectivity index (χ0n) is 11.5. The summed E-state index contributed by atoms with van der Waals surface area (Å²) < 4.78 is 2.10. The number of halogens is 1. The molecule has 0 bridgehead atoms. The van der Waals surface area contributed by atoms with Gasteiger partial charge >= 0.3 is 0 Å². The third-order valence-electron chi connectivity index (χ3n) is 3.45. The van der Waals surface area contributed by atoms with E-state index < -0.39 is 0 Å². The molecule has 6 heteroatoms. The van der Waals surface area contributed by atoms with Crippen molar-refractivity contribution in [3.8, 4) is 0 Å². The SMILES string of the molecule is CN=C(NCc1cccn1C)N1CCC(O)CC1.I. The molecule has 0 amide bonds. The zero-order valence-corrected chi connectivity index (χ0v) is 13.9. The Hall–Kier alpha value is -0.760. The zero-order chi connectivity index (χ0) is 13.0. The highest BCUT2D eigenvalue weighted by molar-refractivity contribution is 14.0. The van der Waals surface area contributed by atoms with Gasteiger partial charge in [-0.1, -0.05) is 0 Å². The molecule has 1 aliphatic rings. The van der Waals surface area contributed by atoms with Crippen LogP contribution < -0.4 is 5.32 Å². The fourth-order valence-electron chi connectivity index (χ4n) is 2.26. The van der Waals surface area contributed by atoms with Gasteiger partial charge in [0.1, 0.15) is 0 Å². The second-order valence-electron chi connectivity index (χ2n) is 4.73. The lowest BCUT2D eigenvalue weighted by atomic mass is 10.1. The number of hydrogen-bond acceptors (Lipinski definition) is 2. The average Bonchev–Trinajstić information content (AvgIpc) is 2.78. The number of piperidine rings is 1. The van der Waals surface area contributed by atoms with Gasteiger partial charge in [-0.05, 0) is 25.0 Å². The smallest absolute Gasteiger partial charge is 0.193 e. The Bertz CT molecular complexity index is 411. The van der Waals surface area contributed by atoms with E-state index in [-0.39, 0.29) is 30.1 Å². The number of aromatic nitrogens is 1. The van der Waals surface area contributed by atoms with E-state index in [1.54, 1.807) is 7.05 Å². The van der Waals surface area contributed by atoms with Crippen molar-refractivity contribution in [2.24, 2.45) is 12.0 Å². The number of aliphatic imine (C=N–C) groups is 1. The molecule has 1 aromatic heterocycles. The van der Waals surface area contributed by atoms with Gasteiger partial charge in [-0.3, -0.25) is 4.99 Å². The normalized spacial score (nSPS) is 17.2. The van der Waals surface area contributed by atoms with Crippen molar-refractivity contribution >= 4 is 29.9 Å². The molecule has 108 valence electrons. The summed E-state index contributed by atoms with van der Waals surface area (Å²) >= 11 is 0. The van der Waals surface area contributed by atoms with Crippen LogP contribution in [0, 0.1) is 0 Å². The molecule has 0 atom stereocenters. The molecule has 1 aliphatic heterocycles. The maximum Gasteiger partial charge on any atom is 0.193 e. The molecule has 5 nitrogen and oxygen atoms in total. The standard InChI is InChI=1S/C13H22N4O.HI/c1-14-13(17-8-5-12(18)6-9-17)15-10-11-4-3-7-16(11)2;/h3-4,7,12,18H,5-6,8-10H2,1-2H3,(H,14,15);1H. The lowest BCUT2D eigenvalue weighted by molar-refractivity contribution is 0.108. The largest absolute Gasteiger partial charge is 0.393 e. The van der Waals surface area contributed by atoms with Crippen LogP contribution in [-0.4, -0.2) is 46.8 Å². The lowest BCUT2D eigenvalue weighted by Gasteiger charge is -2.32. The Balaban J connectivity index is 0.00000180. The molecule has 0 aliphatic carbocycles. The number of aliphatic hydroxyl groups excluding tert-OH is 1. The van der Waals surface area contributed by atoms with Crippen LogP contribution in [0.3, 0.4) is 0 Å². The van der Waals surface area contributed by atoms with Crippen molar-refractivity contribution < 1.29 is 5.11 Å². The highest BCUT2D eigenvalue weighted by atomic mass is 127. The quantitative estimate of drug-likeness (QED) is 0.462. The molecule has 0 spiro atoms. The second kappa shape index (κ2) is 7.74. The van der Waals surface area contributed by atoms with E-state index in [0.717, 1.165) is 38.4 Å². The molecule has 1 saturated heterocycles. The molecule has 0 radical (unpaired) electrons. The second-order valence-corrected chi connectivity index (χ2v) is 4.73. The first-order valence-corrected chi connectivity index (χ1v) is 6.44. The molecule has 0 saturated carbocycles. The van der Waals surface area contributed by atoms with E-state index in [0.29, 0.717) is 0 Å². The van der Waals surface area contributed by atoms with Crippen molar-refractivity contribution in [3.05, 3.63) is 24.0 Å². The summed E-state index contributed by atoms with van der Waals surface area (Å²) in [7, 11) is 3.84. The van der Waals surface area contributed by atoms with Crippen LogP contribution in [0.4, 0.5) is 0 Å². The summed E-state index contributed by atoms with van der Waals surface area (Å²) in [6.45, 7) is 2.51. The molecule has 2 N–H and O–H groups in total. The summed E-state index contributed by atoms with van der Waals surface area (Å²) in [5, 5.41) is 12.9. The molecule has 19 heavy (non-hydrogen) atoms. The van der Waals surface area contributed by atoms with E-state index in [9.17, 15) is 5.11 Å². The summed E-state index contributed by atoms with van der Waals surface area (Å²) in [5.41, 5.74) is 1.23. The summed E-state index contributed by atoms with van der Waals surface area (Å²) in [4.78, 5) is 6.51. The Morgan fingerprint density at radius 1 is 1.47 bits per heavy atom. The highest BCUT2D eigenvalue weighted by Gasteiger charge is 2.19. The molecule has 2 rings (SSSR count). The molecule has 1 aromatic rings. The summed E-state index contributed by atoms with van der Waals surface area (Å²) in [5.74, 6) is 0.920. The van der Waals surface area contributed by atoms with E-state index in [4.69, 9.17) is 0 Å². The predicted molar refractivity (Wildman–Crippen MR) is 87.8 cm³/mol. The van der Waals surface area contributed by atoms with E-state index in [1.807, 2.05) is 19.3 Å². The summed E-state index contributed by atoms with van der Waals surface area (Å²) in [6, 6.07) is 4.14. The van der Waals surface area contributed by atoms with Gasteiger partial charge in [0.2, 0.25) is 0 Å². The molecular weight excluding hydrogens is 355 g/mol. The number of nitrogens with one attached hydrogen (secondary N) is 1. The van der Waals surface area contributed by atoms with Crippen LogP contribution in [0.1, 0.15) is 18.5 Å². The maximum atomic E-state index is 9.51. The van der Waals surface area contributed by atoms with Gasteiger partial charge in [0.05, 0.1) is 12.6 Å². The first-order valence-electron chi connectivity index (χ1n) is 6.44. The van der Waals surface area contributed by atoms with Crippen LogP contribution in [0.15, 0.2) is 23.3 Å². The van der Waals surface area contributed by atoms with Gasteiger partial charge in [0.25, 0.3) is 0 Å². The van der Waals surface area contributed by atoms with Gasteiger partial charge in [-0.15, -0.1) is 24.0 Å². The third kappa shape index (κ3) is 4.38. The number of aryl methyl sites for hydroxylation is 1. The number of hydrogen-bond donors (Lipinski definition) is 2. The van der Waals surface area contributed by atoms with Gasteiger partial charge in [0, 0.05) is 39.1 Å². The van der Waals surface area contributed by atoms with Crippen molar-refractivity contribution in [2.75, 3.05) is 20.1 Å². The van der Waals surface area contributed by atoms with E-state index in [1.165, 1.54) is 5.69 Å². The number of guanidine groups is 1. The minimum Gasteiger partial charge on any atom is -0.393 e. The Labute approximate surface area is 131 Å². The fraction of sp³-hybridized carbons (Fsp3) is 0.615. The Morgan fingerprint density at radius 2 is 2.16 bits per heavy atom. The molecule has 0 unspecified atom stereocenters. The Kier molecular flexibility index (Phi) is 6.64. The van der Waals surface area contributed by atoms with Gasteiger partial charge in [0.15, 0.2) is 5.96 Å². The number of nitrogens with zero attached hydrogens (tertiary/aromatic N) is 3. The number of aliphatic hydroxyl groups is 1. The minimum atomic E-state index is -0.146. The van der Waals surface area contributed by atoms with E-state index in [2.05, 4.69) is 25.8 Å². The highest BCUT2D eigenvalue weighted by Crippen LogP contribution is 2.10. The van der Waals surface area contributed by atoms with Crippen LogP contribution in [0.5, 0.6) is 0 Å². The van der Waals surface area contributed by atoms with E-state index >= 15 is 0 Å². The average molecular weight is 378 g/mol. The molecule has 2 heterocycles. The topological polar surface area (TPSA) is 52.8 Å². The monoisotopic (exact) mass is 378 g/mol. The predicted octanol–water partition coefficient (Wildman–Crippen LogP) is 1.18. The number of likely N-dealkylation sites (tertiary alicyclic amines) is 1. The maximum absolute atomic E-state index is 9.51. The first kappa shape index (κ1) is 16.3. The van der Waals surface area contributed by atoms with Crippen molar-refractivity contribution in [2.45, 2.75) is 25.5 Å². The van der Waals surface area contributed by atoms with Crippen LogP contribution in [-0.2, 0) is 13.6 Å². The van der Waals surface area contributed by atoms with Crippen molar-refractivity contribution in [3.63, 3.8) is 0 Å². The van der Waals surface area contributed by atoms with Crippen LogP contribution >= 0.6 is 24.0 Å². The van der Waals surface area contributed by atoms with Crippen LogP contribution in [0.25, 0.3) is 0 Å². The molecular formula is C13H23IN4O. The van der Waals surface area contributed by atoms with Crippen LogP contribution in [0.2, 0.25) is 0 Å². The third-order valence-corrected chi connectivity index (χ3v) is 3.45. The van der Waals surface area contributed by atoms with Crippen molar-refractivity contribution in [1.29, 1.82) is 0 Å². The Morgan fingerprint density at radius 3 is 2.68 bits per heavy atom.